The number of carbonyl (C=O) groups is 3. The highest BCUT2D eigenvalue weighted by molar-refractivity contribution is 5.94. The van der Waals surface area contributed by atoms with Gasteiger partial charge in [0, 0.05) is 50.6 Å². The highest BCUT2D eigenvalue weighted by Crippen LogP contribution is 2.23. The van der Waals surface area contributed by atoms with Crippen LogP contribution in [0, 0.1) is 0 Å². The van der Waals surface area contributed by atoms with E-state index in [1.165, 1.54) is 6.07 Å². The zero-order valence-corrected chi connectivity index (χ0v) is 15.1. The maximum Gasteiger partial charge on any atom is 0.337 e. The van der Waals surface area contributed by atoms with Crippen LogP contribution in [-0.4, -0.2) is 36.9 Å². The molecule has 0 unspecified atom stereocenters. The molecule has 1 heterocycles. The number of hydrogen-bond donors (Lipinski definition) is 0. The Hall–Kier alpha value is -3.16. The van der Waals surface area contributed by atoms with Gasteiger partial charge >= 0.3 is 11.6 Å². The van der Waals surface area contributed by atoms with Crippen molar-refractivity contribution in [3.8, 4) is 0 Å². The van der Waals surface area contributed by atoms with E-state index < -0.39 is 23.4 Å². The Morgan fingerprint density at radius 1 is 1.15 bits per heavy atom. The second kappa shape index (κ2) is 7.81. The van der Waals surface area contributed by atoms with Crippen molar-refractivity contribution >= 4 is 34.4 Å². The molecule has 1 aromatic carbocycles. The number of amides is 2. The van der Waals surface area contributed by atoms with E-state index in [4.69, 9.17) is 9.25 Å². The highest BCUT2D eigenvalue weighted by Gasteiger charge is 2.22. The van der Waals surface area contributed by atoms with Gasteiger partial charge in [-0.05, 0) is 17.7 Å². The summed E-state index contributed by atoms with van der Waals surface area (Å²) < 4.78 is 5.20. The van der Waals surface area contributed by atoms with Crippen molar-refractivity contribution < 1.29 is 23.6 Å². The first-order valence-electron chi connectivity index (χ1n) is 8.01. The smallest absolute Gasteiger partial charge is 0.337 e. The third kappa shape index (κ3) is 4.27. The SMILES string of the molecule is CCC(=O)N(OC(=O)Cc1cc(=O)oc2cc(N(C)C)ccc12)C(C)=O. The summed E-state index contributed by atoms with van der Waals surface area (Å²) in [4.78, 5) is 53.8. The number of imide groups is 1. The summed E-state index contributed by atoms with van der Waals surface area (Å²) in [6.45, 7) is 2.67. The quantitative estimate of drug-likeness (QED) is 0.604. The van der Waals surface area contributed by atoms with Crippen LogP contribution in [0.1, 0.15) is 25.8 Å². The van der Waals surface area contributed by atoms with Gasteiger partial charge in [0.15, 0.2) is 0 Å². The van der Waals surface area contributed by atoms with Crippen LogP contribution in [0.4, 0.5) is 5.69 Å². The first kappa shape index (κ1) is 19.2. The average Bonchev–Trinajstić information content (AvgIpc) is 2.57. The van der Waals surface area contributed by atoms with E-state index >= 15 is 0 Å². The summed E-state index contributed by atoms with van der Waals surface area (Å²) in [5.41, 5.74) is 0.944. The van der Waals surface area contributed by atoms with Gasteiger partial charge in [0.05, 0.1) is 6.42 Å². The van der Waals surface area contributed by atoms with E-state index in [0.717, 1.165) is 12.6 Å². The van der Waals surface area contributed by atoms with E-state index in [1.807, 2.05) is 25.1 Å². The number of hydrogen-bond acceptors (Lipinski definition) is 7. The number of rotatable bonds is 4. The molecule has 8 nitrogen and oxygen atoms in total. The third-order valence-electron chi connectivity index (χ3n) is 3.67. The predicted octanol–water partition coefficient (Wildman–Crippen LogP) is 1.64. The minimum Gasteiger partial charge on any atom is -0.423 e. The molecule has 0 saturated carbocycles. The van der Waals surface area contributed by atoms with Crippen molar-refractivity contribution in [2.45, 2.75) is 26.7 Å². The number of nitrogens with zero attached hydrogens (tertiary/aromatic N) is 2. The molecule has 138 valence electrons. The number of carbonyl (C=O) groups excluding carboxylic acids is 3. The number of hydroxylamine groups is 2. The molecule has 0 aliphatic carbocycles. The predicted molar refractivity (Wildman–Crippen MR) is 94.4 cm³/mol. The summed E-state index contributed by atoms with van der Waals surface area (Å²) in [5.74, 6) is -2.15. The lowest BCUT2D eigenvalue weighted by Gasteiger charge is -2.17. The summed E-state index contributed by atoms with van der Waals surface area (Å²) >= 11 is 0. The Balaban J connectivity index is 2.32. The summed E-state index contributed by atoms with van der Waals surface area (Å²) in [6.07, 6.45) is -0.276. The molecule has 8 heteroatoms. The largest absolute Gasteiger partial charge is 0.423 e. The Bertz CT molecular complexity index is 916. The lowest BCUT2D eigenvalue weighted by atomic mass is 10.1. The first-order chi connectivity index (χ1) is 12.2. The molecule has 0 N–H and O–H groups in total. The fourth-order valence-electron chi connectivity index (χ4n) is 2.37. The van der Waals surface area contributed by atoms with E-state index in [1.54, 1.807) is 19.1 Å². The van der Waals surface area contributed by atoms with Crippen LogP contribution in [-0.2, 0) is 25.6 Å². The lowest BCUT2D eigenvalue weighted by molar-refractivity contribution is -0.201. The van der Waals surface area contributed by atoms with E-state index in [9.17, 15) is 19.2 Å². The van der Waals surface area contributed by atoms with Gasteiger partial charge in [0.1, 0.15) is 5.58 Å². The van der Waals surface area contributed by atoms with Crippen LogP contribution in [0.2, 0.25) is 0 Å². The molecule has 1 aromatic heterocycles. The second-order valence-electron chi connectivity index (χ2n) is 5.87. The molecule has 26 heavy (non-hydrogen) atoms. The van der Waals surface area contributed by atoms with Crippen molar-refractivity contribution in [1.82, 2.24) is 5.06 Å². The van der Waals surface area contributed by atoms with Crippen LogP contribution in [0.25, 0.3) is 11.0 Å². The minimum atomic E-state index is -0.828. The van der Waals surface area contributed by atoms with Crippen LogP contribution in [0.5, 0.6) is 0 Å². The summed E-state index contributed by atoms with van der Waals surface area (Å²) in [5, 5.41) is 1.00. The van der Waals surface area contributed by atoms with Gasteiger partial charge < -0.3 is 14.2 Å². The first-order valence-corrected chi connectivity index (χ1v) is 8.01. The molecule has 0 radical (unpaired) electrons. The van der Waals surface area contributed by atoms with Crippen LogP contribution in [0.15, 0.2) is 33.5 Å². The zero-order valence-electron chi connectivity index (χ0n) is 15.1. The second-order valence-corrected chi connectivity index (χ2v) is 5.87. The van der Waals surface area contributed by atoms with Crippen LogP contribution < -0.4 is 10.5 Å². The topological polar surface area (TPSA) is 97.1 Å². The standard InChI is InChI=1S/C18H20N2O6/c1-5-16(22)20(11(2)21)26-18(24)9-12-8-17(23)25-15-10-13(19(3)4)6-7-14(12)15/h6-8,10H,5,9H2,1-4H3. The molecule has 0 aliphatic heterocycles. The minimum absolute atomic E-state index is 0.0119. The van der Waals surface area contributed by atoms with Crippen LogP contribution in [0.3, 0.4) is 0 Å². The molecule has 2 aromatic rings. The van der Waals surface area contributed by atoms with Gasteiger partial charge in [-0.2, -0.15) is 0 Å². The molecule has 2 rings (SSSR count). The molecule has 0 aliphatic rings. The maximum absolute atomic E-state index is 12.2. The molecular weight excluding hydrogens is 340 g/mol. The molecule has 0 atom stereocenters. The fraction of sp³-hybridized carbons (Fsp3) is 0.333. The van der Waals surface area contributed by atoms with Crippen LogP contribution >= 0.6 is 0 Å². The lowest BCUT2D eigenvalue weighted by Crippen LogP contribution is -2.37. The molecule has 2 amide bonds. The summed E-state index contributed by atoms with van der Waals surface area (Å²) in [6, 6.07) is 6.43. The Kier molecular flexibility index (Phi) is 5.76. The zero-order chi connectivity index (χ0) is 19.4. The van der Waals surface area contributed by atoms with Crippen molar-refractivity contribution in [2.24, 2.45) is 0 Å². The van der Waals surface area contributed by atoms with E-state index in [-0.39, 0.29) is 12.8 Å². The van der Waals surface area contributed by atoms with Gasteiger partial charge in [-0.1, -0.05) is 6.92 Å². The summed E-state index contributed by atoms with van der Waals surface area (Å²) in [7, 11) is 3.70. The highest BCUT2D eigenvalue weighted by atomic mass is 16.7. The van der Waals surface area contributed by atoms with Gasteiger partial charge in [0.2, 0.25) is 0 Å². The Morgan fingerprint density at radius 2 is 1.85 bits per heavy atom. The van der Waals surface area contributed by atoms with Crippen molar-refractivity contribution in [2.75, 3.05) is 19.0 Å². The number of anilines is 1. The Morgan fingerprint density at radius 3 is 2.42 bits per heavy atom. The molecule has 0 fully saturated rings. The average molecular weight is 360 g/mol. The molecule has 0 saturated heterocycles. The fourth-order valence-corrected chi connectivity index (χ4v) is 2.37. The van der Waals surface area contributed by atoms with Gasteiger partial charge in [-0.15, -0.1) is 5.06 Å². The van der Waals surface area contributed by atoms with E-state index in [0.29, 0.717) is 21.6 Å². The van der Waals surface area contributed by atoms with Gasteiger partial charge in [-0.25, -0.2) is 9.59 Å². The molecule has 0 bridgehead atoms. The van der Waals surface area contributed by atoms with Crippen molar-refractivity contribution in [3.05, 3.63) is 40.2 Å². The van der Waals surface area contributed by atoms with E-state index in [2.05, 4.69) is 0 Å². The molecular formula is C18H20N2O6. The van der Waals surface area contributed by atoms with Crippen molar-refractivity contribution in [1.29, 1.82) is 0 Å². The monoisotopic (exact) mass is 360 g/mol. The maximum atomic E-state index is 12.2. The number of benzene rings is 1. The van der Waals surface area contributed by atoms with Gasteiger partial charge in [0.25, 0.3) is 11.8 Å². The molecule has 0 spiro atoms. The third-order valence-corrected chi connectivity index (χ3v) is 3.67. The van der Waals surface area contributed by atoms with Gasteiger partial charge in [-0.3, -0.25) is 9.59 Å². The van der Waals surface area contributed by atoms with Crippen molar-refractivity contribution in [3.63, 3.8) is 0 Å². The normalized spacial score (nSPS) is 10.5. The Labute approximate surface area is 149 Å². The number of fused-ring (bicyclic) bond motifs is 1.